The van der Waals surface area contributed by atoms with Crippen LogP contribution < -0.4 is 20.7 Å². The first-order valence-corrected chi connectivity index (χ1v) is 8.45. The van der Waals surface area contributed by atoms with Gasteiger partial charge in [0.1, 0.15) is 22.7 Å². The van der Waals surface area contributed by atoms with E-state index in [0.717, 1.165) is 16.8 Å². The molecule has 1 heterocycles. The highest BCUT2D eigenvalue weighted by molar-refractivity contribution is 5.85. The summed E-state index contributed by atoms with van der Waals surface area (Å²) in [5, 5.41) is 21.6. The number of nitrogens with one attached hydrogen (secondary N) is 1. The van der Waals surface area contributed by atoms with Crippen LogP contribution in [0.5, 0.6) is 17.4 Å². The van der Waals surface area contributed by atoms with Gasteiger partial charge in [-0.25, -0.2) is 9.36 Å². The molecule has 0 spiro atoms. The number of nitro groups is 1. The summed E-state index contributed by atoms with van der Waals surface area (Å²) < 4.78 is 11.2. The highest BCUT2D eigenvalue weighted by Crippen LogP contribution is 2.31. The van der Waals surface area contributed by atoms with Crippen molar-refractivity contribution < 1.29 is 19.5 Å². The lowest BCUT2D eigenvalue weighted by atomic mass is 10.2. The van der Waals surface area contributed by atoms with Gasteiger partial charge in [0.25, 0.3) is 11.2 Å². The first-order chi connectivity index (χ1) is 14.4. The van der Waals surface area contributed by atoms with Gasteiger partial charge >= 0.3 is 5.69 Å². The molecule has 0 saturated carbocycles. The molecular formula is C19H16N4O7. The van der Waals surface area contributed by atoms with Crippen LogP contribution in [0.1, 0.15) is 5.56 Å². The number of rotatable bonds is 6. The summed E-state index contributed by atoms with van der Waals surface area (Å²) in [6.07, 6.45) is 0.987. The zero-order valence-electron chi connectivity index (χ0n) is 15.9. The fraction of sp³-hybridized carbons (Fsp3) is 0.105. The number of methoxy groups -OCH3 is 2. The van der Waals surface area contributed by atoms with Crippen LogP contribution in [0, 0.1) is 10.1 Å². The van der Waals surface area contributed by atoms with Gasteiger partial charge in [0.15, 0.2) is 0 Å². The Bertz CT molecular complexity index is 1260. The highest BCUT2D eigenvalue weighted by atomic mass is 16.6. The molecule has 0 atom stereocenters. The van der Waals surface area contributed by atoms with Gasteiger partial charge in [0.05, 0.1) is 24.8 Å². The van der Waals surface area contributed by atoms with Gasteiger partial charge in [-0.2, -0.15) is 0 Å². The molecule has 0 radical (unpaired) electrons. The minimum atomic E-state index is -0.892. The van der Waals surface area contributed by atoms with Crippen molar-refractivity contribution in [3.05, 3.63) is 79.0 Å². The summed E-state index contributed by atoms with van der Waals surface area (Å²) in [5.74, 6) is -0.183. The number of H-pyrrole nitrogens is 1. The standard InChI is InChI=1S/C19H16N4O7/c1-29-15-8-7-11(23(27)28)9-13(15)20-10-12-17(24)21-19(26)22(18(12)25)14-5-3-4-6-16(14)30-2/h3-10,25H,1-2H3,(H,21,24,26). The Labute approximate surface area is 168 Å². The molecule has 2 aromatic carbocycles. The lowest BCUT2D eigenvalue weighted by molar-refractivity contribution is -0.384. The third kappa shape index (κ3) is 3.76. The minimum absolute atomic E-state index is 0.0561. The Kier molecular flexibility index (Phi) is 5.63. The molecule has 0 aliphatic carbocycles. The smallest absolute Gasteiger partial charge is 0.335 e. The van der Waals surface area contributed by atoms with Crippen LogP contribution in [0.4, 0.5) is 11.4 Å². The van der Waals surface area contributed by atoms with E-state index < -0.39 is 22.1 Å². The van der Waals surface area contributed by atoms with Crippen LogP contribution in [-0.4, -0.2) is 40.0 Å². The van der Waals surface area contributed by atoms with Crippen LogP contribution in [0.3, 0.4) is 0 Å². The first kappa shape index (κ1) is 20.3. The molecule has 154 valence electrons. The van der Waals surface area contributed by atoms with Gasteiger partial charge in [-0.3, -0.25) is 24.9 Å². The number of benzene rings is 2. The Balaban J connectivity index is 2.17. The minimum Gasteiger partial charge on any atom is -0.495 e. The van der Waals surface area contributed by atoms with E-state index in [2.05, 4.69) is 9.98 Å². The molecular weight excluding hydrogens is 396 g/mol. The molecule has 2 N–H and O–H groups in total. The first-order valence-electron chi connectivity index (χ1n) is 8.45. The van der Waals surface area contributed by atoms with E-state index in [-0.39, 0.29) is 34.1 Å². The van der Waals surface area contributed by atoms with Crippen LogP contribution in [0.25, 0.3) is 5.69 Å². The number of nitro benzene ring substituents is 1. The number of aromatic hydroxyl groups is 1. The number of nitrogens with zero attached hydrogens (tertiary/aromatic N) is 3. The Hall–Kier alpha value is -4.41. The molecule has 1 aromatic heterocycles. The van der Waals surface area contributed by atoms with Crippen molar-refractivity contribution in [2.75, 3.05) is 14.2 Å². The van der Waals surface area contributed by atoms with Gasteiger partial charge in [0, 0.05) is 18.3 Å². The third-order valence-electron chi connectivity index (χ3n) is 4.15. The van der Waals surface area contributed by atoms with E-state index in [9.17, 15) is 24.8 Å². The maximum absolute atomic E-state index is 12.3. The summed E-state index contributed by atoms with van der Waals surface area (Å²) in [5.41, 5.74) is -2.10. The lowest BCUT2D eigenvalue weighted by Crippen LogP contribution is -2.31. The zero-order chi connectivity index (χ0) is 21.8. The molecule has 11 nitrogen and oxygen atoms in total. The lowest BCUT2D eigenvalue weighted by Gasteiger charge is -2.13. The Morgan fingerprint density at radius 2 is 1.83 bits per heavy atom. The molecule has 3 aromatic rings. The SMILES string of the molecule is COc1ccc([N+](=O)[O-])cc1N=Cc1c(O)n(-c2ccccc2OC)c(=O)[nH]c1=O. The van der Waals surface area contributed by atoms with Crippen molar-refractivity contribution >= 4 is 17.6 Å². The molecule has 0 unspecified atom stereocenters. The van der Waals surface area contributed by atoms with E-state index in [1.807, 2.05) is 0 Å². The predicted octanol–water partition coefficient (Wildman–Crippen LogP) is 1.91. The molecule has 3 rings (SSSR count). The summed E-state index contributed by atoms with van der Waals surface area (Å²) in [6, 6.07) is 10.1. The molecule has 0 fully saturated rings. The van der Waals surface area contributed by atoms with Gasteiger partial charge < -0.3 is 14.6 Å². The Morgan fingerprint density at radius 1 is 1.13 bits per heavy atom. The molecule has 0 saturated heterocycles. The van der Waals surface area contributed by atoms with Gasteiger partial charge in [-0.05, 0) is 18.2 Å². The maximum Gasteiger partial charge on any atom is 0.335 e. The average Bonchev–Trinajstić information content (AvgIpc) is 2.73. The number of hydrogen-bond donors (Lipinski definition) is 2. The van der Waals surface area contributed by atoms with Gasteiger partial charge in [-0.1, -0.05) is 12.1 Å². The van der Waals surface area contributed by atoms with Gasteiger partial charge in [-0.15, -0.1) is 0 Å². The molecule has 0 bridgehead atoms. The van der Waals surface area contributed by atoms with E-state index in [0.29, 0.717) is 0 Å². The van der Waals surface area contributed by atoms with E-state index >= 15 is 0 Å². The van der Waals surface area contributed by atoms with Crippen molar-refractivity contribution in [2.24, 2.45) is 4.99 Å². The number of aliphatic imine (C=N–C) groups is 1. The van der Waals surface area contributed by atoms with Crippen LogP contribution >= 0.6 is 0 Å². The van der Waals surface area contributed by atoms with Crippen LogP contribution in [0.2, 0.25) is 0 Å². The van der Waals surface area contributed by atoms with Crippen molar-refractivity contribution in [1.29, 1.82) is 0 Å². The number of aromatic nitrogens is 2. The topological polar surface area (TPSA) is 149 Å². The quantitative estimate of drug-likeness (QED) is 0.357. The van der Waals surface area contributed by atoms with Crippen LogP contribution in [0.15, 0.2) is 57.0 Å². The summed E-state index contributed by atoms with van der Waals surface area (Å²) in [7, 11) is 2.75. The molecule has 0 amide bonds. The summed E-state index contributed by atoms with van der Waals surface area (Å²) in [4.78, 5) is 41.1. The van der Waals surface area contributed by atoms with E-state index in [1.165, 1.54) is 32.4 Å². The third-order valence-corrected chi connectivity index (χ3v) is 4.15. The van der Waals surface area contributed by atoms with Crippen LogP contribution in [-0.2, 0) is 0 Å². The second-order valence-electron chi connectivity index (χ2n) is 5.88. The fourth-order valence-corrected chi connectivity index (χ4v) is 2.72. The predicted molar refractivity (Wildman–Crippen MR) is 108 cm³/mol. The molecule has 30 heavy (non-hydrogen) atoms. The number of hydrogen-bond acceptors (Lipinski definition) is 8. The van der Waals surface area contributed by atoms with Crippen molar-refractivity contribution in [3.8, 4) is 23.1 Å². The van der Waals surface area contributed by atoms with Gasteiger partial charge in [0.2, 0.25) is 5.88 Å². The second kappa shape index (κ2) is 8.31. The zero-order valence-corrected chi connectivity index (χ0v) is 15.9. The maximum atomic E-state index is 12.3. The second-order valence-corrected chi connectivity index (χ2v) is 5.88. The summed E-state index contributed by atoms with van der Waals surface area (Å²) >= 11 is 0. The number of aromatic amines is 1. The van der Waals surface area contributed by atoms with Crippen molar-refractivity contribution in [3.63, 3.8) is 0 Å². The number of para-hydroxylation sites is 2. The average molecular weight is 412 g/mol. The van der Waals surface area contributed by atoms with E-state index in [1.54, 1.807) is 18.2 Å². The molecule has 11 heteroatoms. The number of ether oxygens (including phenoxy) is 2. The Morgan fingerprint density at radius 3 is 2.50 bits per heavy atom. The highest BCUT2D eigenvalue weighted by Gasteiger charge is 2.17. The largest absolute Gasteiger partial charge is 0.495 e. The number of non-ortho nitro benzene ring substituents is 1. The fourth-order valence-electron chi connectivity index (χ4n) is 2.72. The monoisotopic (exact) mass is 412 g/mol. The molecule has 0 aliphatic heterocycles. The molecule has 0 aliphatic rings. The summed E-state index contributed by atoms with van der Waals surface area (Å²) in [6.45, 7) is 0. The van der Waals surface area contributed by atoms with E-state index in [4.69, 9.17) is 9.47 Å². The normalized spacial score (nSPS) is 10.9. The van der Waals surface area contributed by atoms with Crippen molar-refractivity contribution in [2.45, 2.75) is 0 Å². The van der Waals surface area contributed by atoms with Crippen molar-refractivity contribution in [1.82, 2.24) is 9.55 Å².